The van der Waals surface area contributed by atoms with Crippen LogP contribution in [0, 0.1) is 0 Å². The molecule has 0 rings (SSSR count). The van der Waals surface area contributed by atoms with E-state index in [-0.39, 0.29) is 0 Å². The van der Waals surface area contributed by atoms with Crippen molar-refractivity contribution in [2.75, 3.05) is 17.3 Å². The van der Waals surface area contributed by atoms with E-state index >= 15 is 0 Å². The molecule has 4 nitrogen and oxygen atoms in total. The minimum absolute atomic E-state index is 0.396. The Morgan fingerprint density at radius 2 is 0.884 bits per heavy atom. The fourth-order valence-electron chi connectivity index (χ4n) is 2.58. The van der Waals surface area contributed by atoms with E-state index in [0.29, 0.717) is 16.7 Å². The standard InChI is InChI=1S/C12H25OS.C8HF17O3S/c1-4-7-9-14(10-8-5-2)11-12(13)6-3;9-1(10,3(13,14)5(17,18)7(21,22)23)2(11,12)4(15,16)6(19,20)8(24,25)29(26,27)28/h4-11H2,1-3H3;(H,26,27,28)/q+1;/p-1. The molecular formula is C20H25F17O4S2. The third-order valence-electron chi connectivity index (χ3n) is 5.34. The highest BCUT2D eigenvalue weighted by atomic mass is 32.2. The molecule has 0 saturated heterocycles. The van der Waals surface area contributed by atoms with Gasteiger partial charge >= 0.3 is 47.0 Å². The molecule has 0 amide bonds. The van der Waals surface area contributed by atoms with E-state index in [0.717, 1.165) is 12.2 Å². The molecule has 0 aliphatic rings. The van der Waals surface area contributed by atoms with Crippen molar-refractivity contribution in [1.82, 2.24) is 0 Å². The van der Waals surface area contributed by atoms with Gasteiger partial charge in [0.2, 0.25) is 0 Å². The summed E-state index contributed by atoms with van der Waals surface area (Å²) in [5, 5.41) is -7.95. The summed E-state index contributed by atoms with van der Waals surface area (Å²) in [7, 11) is -7.75. The van der Waals surface area contributed by atoms with E-state index in [2.05, 4.69) is 13.8 Å². The molecule has 0 radical (unpaired) electrons. The zero-order valence-corrected chi connectivity index (χ0v) is 23.7. The van der Waals surface area contributed by atoms with Gasteiger partial charge in [0.05, 0.1) is 0 Å². The van der Waals surface area contributed by atoms with Crippen LogP contribution in [0.5, 0.6) is 0 Å². The minimum Gasteiger partial charge on any atom is -0.743 e. The second-order valence-electron chi connectivity index (χ2n) is 8.68. The van der Waals surface area contributed by atoms with Crippen LogP contribution in [-0.2, 0) is 25.8 Å². The summed E-state index contributed by atoms with van der Waals surface area (Å²) < 4.78 is 244. The number of ketones is 1. The van der Waals surface area contributed by atoms with Gasteiger partial charge in [-0.05, 0) is 23.7 Å². The maximum absolute atomic E-state index is 13.0. The molecule has 0 atom stereocenters. The summed E-state index contributed by atoms with van der Waals surface area (Å²) in [6.07, 6.45) is -2.06. The van der Waals surface area contributed by atoms with Crippen LogP contribution >= 0.6 is 0 Å². The molecule has 260 valence electrons. The lowest BCUT2D eigenvalue weighted by molar-refractivity contribution is -0.458. The zero-order valence-electron chi connectivity index (χ0n) is 22.0. The summed E-state index contributed by atoms with van der Waals surface area (Å²) in [4.78, 5) is 11.4. The second-order valence-corrected chi connectivity index (χ2v) is 12.4. The van der Waals surface area contributed by atoms with Gasteiger partial charge < -0.3 is 4.55 Å². The fraction of sp³-hybridized carbons (Fsp3) is 0.950. The van der Waals surface area contributed by atoms with E-state index in [9.17, 15) is 92.4 Å². The van der Waals surface area contributed by atoms with Crippen molar-refractivity contribution in [1.29, 1.82) is 0 Å². The Morgan fingerprint density at radius 1 is 0.581 bits per heavy atom. The average molecular weight is 717 g/mol. The quantitative estimate of drug-likeness (QED) is 0.0934. The van der Waals surface area contributed by atoms with E-state index < -0.39 is 57.1 Å². The Kier molecular flexibility index (Phi) is 14.7. The number of carbonyl (C=O) groups is 1. The molecule has 0 aliphatic carbocycles. The van der Waals surface area contributed by atoms with Gasteiger partial charge in [-0.1, -0.05) is 33.6 Å². The third-order valence-corrected chi connectivity index (χ3v) is 8.69. The Balaban J connectivity index is 0. The van der Waals surface area contributed by atoms with Crippen molar-refractivity contribution in [3.8, 4) is 0 Å². The van der Waals surface area contributed by atoms with Crippen molar-refractivity contribution in [3.63, 3.8) is 0 Å². The molecule has 0 aromatic rings. The van der Waals surface area contributed by atoms with Gasteiger partial charge in [0.15, 0.2) is 21.7 Å². The van der Waals surface area contributed by atoms with Crippen LogP contribution in [0.2, 0.25) is 0 Å². The molecule has 0 aromatic carbocycles. The first-order valence-corrected chi connectivity index (χ1v) is 14.7. The van der Waals surface area contributed by atoms with Crippen LogP contribution in [0.25, 0.3) is 0 Å². The first-order valence-electron chi connectivity index (χ1n) is 11.6. The molecule has 0 heterocycles. The lowest BCUT2D eigenvalue weighted by atomic mass is 9.91. The molecule has 0 bridgehead atoms. The number of Topliss-reactive ketones (excluding diaryl/α,β-unsaturated/α-hetero) is 1. The summed E-state index contributed by atoms with van der Waals surface area (Å²) in [5.41, 5.74) is 0. The van der Waals surface area contributed by atoms with Crippen molar-refractivity contribution in [2.24, 2.45) is 0 Å². The van der Waals surface area contributed by atoms with E-state index in [1.807, 2.05) is 6.92 Å². The molecule has 0 saturated carbocycles. The van der Waals surface area contributed by atoms with Crippen LogP contribution in [0.1, 0.15) is 52.9 Å². The Morgan fingerprint density at radius 3 is 1.14 bits per heavy atom. The van der Waals surface area contributed by atoms with Crippen LogP contribution in [0.4, 0.5) is 74.6 Å². The SMILES string of the molecule is CCCC[S+](CCCC)CC(=O)CC.O=S(=O)([O-])C(F)(F)C(F)(F)C(F)(F)C(F)(F)C(F)(F)C(F)(F)C(F)(F)C(F)(F)F. The number of halogens is 17. The Bertz CT molecular complexity index is 1000. The smallest absolute Gasteiger partial charge is 0.460 e. The largest absolute Gasteiger partial charge is 0.743 e. The van der Waals surface area contributed by atoms with Crippen LogP contribution < -0.4 is 0 Å². The molecule has 0 fully saturated rings. The predicted molar refractivity (Wildman–Crippen MR) is 117 cm³/mol. The van der Waals surface area contributed by atoms with Crippen molar-refractivity contribution >= 4 is 26.8 Å². The van der Waals surface area contributed by atoms with Gasteiger partial charge in [-0.3, -0.25) is 4.79 Å². The number of rotatable bonds is 16. The summed E-state index contributed by atoms with van der Waals surface area (Å²) in [5.74, 6) is -48.3. The van der Waals surface area contributed by atoms with Crippen molar-refractivity contribution in [3.05, 3.63) is 0 Å². The average Bonchev–Trinajstić information content (AvgIpc) is 2.83. The Labute approximate surface area is 236 Å². The number of hydrogen-bond donors (Lipinski definition) is 0. The van der Waals surface area contributed by atoms with Crippen LogP contribution in [-0.4, -0.2) is 83.0 Å². The van der Waals surface area contributed by atoms with Crippen molar-refractivity contribution < 1.29 is 92.4 Å². The lowest BCUT2D eigenvalue weighted by Crippen LogP contribution is -2.75. The number of unbranched alkanes of at least 4 members (excludes halogenated alkanes) is 2. The lowest BCUT2D eigenvalue weighted by Gasteiger charge is -2.42. The number of hydrogen-bond acceptors (Lipinski definition) is 4. The highest BCUT2D eigenvalue weighted by molar-refractivity contribution is 7.97. The van der Waals surface area contributed by atoms with Gasteiger partial charge in [-0.25, -0.2) is 8.42 Å². The van der Waals surface area contributed by atoms with Gasteiger partial charge in [0.1, 0.15) is 11.5 Å². The van der Waals surface area contributed by atoms with Crippen LogP contribution in [0.15, 0.2) is 0 Å². The highest BCUT2D eigenvalue weighted by Gasteiger charge is 2.95. The van der Waals surface area contributed by atoms with E-state index in [1.54, 1.807) is 0 Å². The second kappa shape index (κ2) is 14.4. The number of carbonyl (C=O) groups excluding carboxylic acids is 1. The normalized spacial score (nSPS) is 14.9. The molecule has 43 heavy (non-hydrogen) atoms. The van der Waals surface area contributed by atoms with Gasteiger partial charge in [-0.15, -0.1) is 0 Å². The minimum atomic E-state index is -8.92. The zero-order chi connectivity index (χ0) is 35.3. The van der Waals surface area contributed by atoms with E-state index in [4.69, 9.17) is 0 Å². The molecule has 23 heteroatoms. The monoisotopic (exact) mass is 716 g/mol. The summed E-state index contributed by atoms with van der Waals surface area (Å²) in [6, 6.07) is 0. The highest BCUT2D eigenvalue weighted by Crippen LogP contribution is 2.64. The summed E-state index contributed by atoms with van der Waals surface area (Å²) in [6.45, 7) is 6.43. The van der Waals surface area contributed by atoms with E-state index in [1.165, 1.54) is 37.2 Å². The van der Waals surface area contributed by atoms with Crippen molar-refractivity contribution in [2.45, 2.75) is 99.8 Å². The van der Waals surface area contributed by atoms with Gasteiger partial charge in [-0.2, -0.15) is 74.6 Å². The summed E-state index contributed by atoms with van der Waals surface area (Å²) >= 11 is 0. The van der Waals surface area contributed by atoms with Crippen LogP contribution in [0.3, 0.4) is 0 Å². The molecule has 0 unspecified atom stereocenters. The van der Waals surface area contributed by atoms with Gasteiger partial charge in [0, 0.05) is 6.42 Å². The fourth-order valence-corrected chi connectivity index (χ4v) is 5.57. The first kappa shape index (κ1) is 43.9. The first-order chi connectivity index (χ1) is 18.7. The molecular weight excluding hydrogens is 691 g/mol. The maximum Gasteiger partial charge on any atom is 0.460 e. The molecule has 0 N–H and O–H groups in total. The Hall–Kier alpha value is -1.26. The molecule has 0 aromatic heterocycles. The predicted octanol–water partition coefficient (Wildman–Crippen LogP) is 7.68. The third kappa shape index (κ3) is 8.51. The molecule has 0 spiro atoms. The maximum atomic E-state index is 13.0. The number of alkyl halides is 17. The molecule has 0 aliphatic heterocycles. The topological polar surface area (TPSA) is 74.3 Å². The van der Waals surface area contributed by atoms with Gasteiger partial charge in [0.25, 0.3) is 0 Å².